The number of anilines is 1. The van der Waals surface area contributed by atoms with Gasteiger partial charge in [0.25, 0.3) is 0 Å². The smallest absolute Gasteiger partial charge is 0.416 e. The van der Waals surface area contributed by atoms with Crippen LogP contribution in [0, 0.1) is 0 Å². The molecule has 0 aromatic heterocycles. The molecule has 110 valence electrons. The Balaban J connectivity index is 3.10. The maximum Gasteiger partial charge on any atom is 0.416 e. The van der Waals surface area contributed by atoms with Crippen LogP contribution in [0.1, 0.15) is 36.8 Å². The van der Waals surface area contributed by atoms with E-state index >= 15 is 0 Å². The van der Waals surface area contributed by atoms with Gasteiger partial charge in [-0.05, 0) is 24.0 Å². The summed E-state index contributed by atoms with van der Waals surface area (Å²) in [5, 5.41) is 8.80. The van der Waals surface area contributed by atoms with Crippen molar-refractivity contribution in [2.24, 2.45) is 0 Å². The Morgan fingerprint density at radius 3 is 2.45 bits per heavy atom. The van der Waals surface area contributed by atoms with Crippen molar-refractivity contribution in [2.75, 3.05) is 5.73 Å². The maximum atomic E-state index is 12.6. The molecule has 0 radical (unpaired) electrons. The van der Waals surface area contributed by atoms with Crippen molar-refractivity contribution in [3.63, 3.8) is 0 Å². The SMILES string of the molecule is C=C(c1ccc([C@@H](CC)CC(=O)O)cc1N)C(F)(F)F. The summed E-state index contributed by atoms with van der Waals surface area (Å²) in [6.07, 6.45) is -4.07. The third-order valence-electron chi connectivity index (χ3n) is 3.13. The molecule has 0 saturated heterocycles. The molecule has 3 N–H and O–H groups in total. The molecular weight excluding hydrogens is 271 g/mol. The Morgan fingerprint density at radius 2 is 2.05 bits per heavy atom. The quantitative estimate of drug-likeness (QED) is 0.809. The van der Waals surface area contributed by atoms with Crippen LogP contribution in [0.2, 0.25) is 0 Å². The van der Waals surface area contributed by atoms with Crippen LogP contribution in [0.3, 0.4) is 0 Å². The maximum absolute atomic E-state index is 12.6. The molecule has 0 bridgehead atoms. The summed E-state index contributed by atoms with van der Waals surface area (Å²) in [4.78, 5) is 10.7. The molecule has 0 aliphatic heterocycles. The molecule has 3 nitrogen and oxygen atoms in total. The van der Waals surface area contributed by atoms with Crippen molar-refractivity contribution >= 4 is 17.2 Å². The van der Waals surface area contributed by atoms with Gasteiger partial charge >= 0.3 is 12.1 Å². The third-order valence-corrected chi connectivity index (χ3v) is 3.13. The van der Waals surface area contributed by atoms with E-state index in [1.807, 2.05) is 6.92 Å². The lowest BCUT2D eigenvalue weighted by Crippen LogP contribution is -2.12. The highest BCUT2D eigenvalue weighted by molar-refractivity contribution is 5.77. The van der Waals surface area contributed by atoms with Gasteiger partial charge in [0.2, 0.25) is 0 Å². The number of hydrogen-bond donors (Lipinski definition) is 2. The molecule has 1 rings (SSSR count). The van der Waals surface area contributed by atoms with Crippen molar-refractivity contribution < 1.29 is 23.1 Å². The fraction of sp³-hybridized carbons (Fsp3) is 0.357. The van der Waals surface area contributed by atoms with E-state index in [1.165, 1.54) is 18.2 Å². The number of rotatable bonds is 5. The number of carboxylic acid groups (broad SMARTS) is 1. The zero-order valence-corrected chi connectivity index (χ0v) is 11.0. The molecule has 6 heteroatoms. The Bertz CT molecular complexity index is 524. The molecule has 0 heterocycles. The summed E-state index contributed by atoms with van der Waals surface area (Å²) in [5.74, 6) is -1.23. The summed E-state index contributed by atoms with van der Waals surface area (Å²) in [5.41, 5.74) is 5.02. The summed E-state index contributed by atoms with van der Waals surface area (Å²) >= 11 is 0. The first-order valence-electron chi connectivity index (χ1n) is 6.04. The van der Waals surface area contributed by atoms with E-state index in [9.17, 15) is 18.0 Å². The standard InChI is InChI=1S/C14H16F3NO2/c1-3-9(7-13(19)20)10-4-5-11(12(18)6-10)8(2)14(15,16)17/h4-6,9H,2-3,7,18H2,1H3,(H,19,20)/t9-/m0/s1. The Hall–Kier alpha value is -1.98. The van der Waals surface area contributed by atoms with Crippen molar-refractivity contribution in [3.05, 3.63) is 35.9 Å². The molecule has 0 amide bonds. The molecule has 1 atom stereocenters. The van der Waals surface area contributed by atoms with Crippen LogP contribution in [-0.2, 0) is 4.79 Å². The topological polar surface area (TPSA) is 63.3 Å². The van der Waals surface area contributed by atoms with E-state index in [0.29, 0.717) is 12.0 Å². The first kappa shape index (κ1) is 16.1. The molecule has 0 spiro atoms. The normalized spacial score (nSPS) is 13.0. The minimum absolute atomic E-state index is 0.0475. The number of halogens is 3. The van der Waals surface area contributed by atoms with E-state index in [1.54, 1.807) is 0 Å². The molecule has 0 saturated carbocycles. The molecule has 1 aromatic rings. The predicted octanol–water partition coefficient (Wildman–Crippen LogP) is 3.81. The number of aliphatic carboxylic acids is 1. The van der Waals surface area contributed by atoms with Crippen LogP contribution in [0.15, 0.2) is 24.8 Å². The van der Waals surface area contributed by atoms with Crippen LogP contribution in [0.5, 0.6) is 0 Å². The van der Waals surface area contributed by atoms with Gasteiger partial charge in [-0.2, -0.15) is 13.2 Å². The van der Waals surface area contributed by atoms with Crippen LogP contribution in [0.4, 0.5) is 18.9 Å². The van der Waals surface area contributed by atoms with Crippen LogP contribution < -0.4 is 5.73 Å². The fourth-order valence-electron chi connectivity index (χ4n) is 1.97. The first-order chi connectivity index (χ1) is 9.16. The minimum Gasteiger partial charge on any atom is -0.481 e. The number of carbonyl (C=O) groups is 1. The average molecular weight is 287 g/mol. The molecular formula is C14H16F3NO2. The number of hydrogen-bond acceptors (Lipinski definition) is 2. The van der Waals surface area contributed by atoms with Crippen molar-refractivity contribution in [3.8, 4) is 0 Å². The van der Waals surface area contributed by atoms with Crippen molar-refractivity contribution in [1.82, 2.24) is 0 Å². The second-order valence-corrected chi connectivity index (χ2v) is 4.53. The Kier molecular flexibility index (Phi) is 4.81. The van der Waals surface area contributed by atoms with Gasteiger partial charge in [-0.15, -0.1) is 0 Å². The monoisotopic (exact) mass is 287 g/mol. The molecule has 0 unspecified atom stereocenters. The highest BCUT2D eigenvalue weighted by Gasteiger charge is 2.34. The zero-order valence-electron chi connectivity index (χ0n) is 11.0. The van der Waals surface area contributed by atoms with Crippen LogP contribution >= 0.6 is 0 Å². The van der Waals surface area contributed by atoms with E-state index in [0.717, 1.165) is 0 Å². The second kappa shape index (κ2) is 5.98. The number of nitrogens with two attached hydrogens (primary N) is 1. The van der Waals surface area contributed by atoms with E-state index in [2.05, 4.69) is 6.58 Å². The van der Waals surface area contributed by atoms with Gasteiger partial charge in [0.15, 0.2) is 0 Å². The largest absolute Gasteiger partial charge is 0.481 e. The lowest BCUT2D eigenvalue weighted by atomic mass is 9.91. The van der Waals surface area contributed by atoms with Crippen LogP contribution in [0.25, 0.3) is 5.57 Å². The van der Waals surface area contributed by atoms with Crippen LogP contribution in [-0.4, -0.2) is 17.3 Å². The number of alkyl halides is 3. The number of carboxylic acids is 1. The van der Waals surface area contributed by atoms with E-state index in [4.69, 9.17) is 10.8 Å². The number of benzene rings is 1. The van der Waals surface area contributed by atoms with E-state index in [-0.39, 0.29) is 23.6 Å². The molecule has 0 aliphatic rings. The third kappa shape index (κ3) is 3.76. The molecule has 0 fully saturated rings. The summed E-state index contributed by atoms with van der Waals surface area (Å²) in [7, 11) is 0. The molecule has 1 aromatic carbocycles. The van der Waals surface area contributed by atoms with Gasteiger partial charge in [0, 0.05) is 11.3 Å². The second-order valence-electron chi connectivity index (χ2n) is 4.53. The minimum atomic E-state index is -4.54. The Labute approximate surface area is 114 Å². The van der Waals surface area contributed by atoms with Gasteiger partial charge in [-0.3, -0.25) is 4.79 Å². The van der Waals surface area contributed by atoms with Gasteiger partial charge in [0.1, 0.15) is 0 Å². The lowest BCUT2D eigenvalue weighted by Gasteiger charge is -2.17. The number of nitrogen functional groups attached to an aromatic ring is 1. The summed E-state index contributed by atoms with van der Waals surface area (Å²) < 4.78 is 37.7. The summed E-state index contributed by atoms with van der Waals surface area (Å²) in [6.45, 7) is 4.81. The average Bonchev–Trinajstić information content (AvgIpc) is 2.33. The molecule has 0 aliphatic carbocycles. The van der Waals surface area contributed by atoms with Gasteiger partial charge in [-0.1, -0.05) is 25.6 Å². The highest BCUT2D eigenvalue weighted by atomic mass is 19.4. The predicted molar refractivity (Wildman–Crippen MR) is 71.2 cm³/mol. The van der Waals surface area contributed by atoms with E-state index < -0.39 is 17.7 Å². The number of allylic oxidation sites excluding steroid dienone is 1. The summed E-state index contributed by atoms with van der Waals surface area (Å²) in [6, 6.07) is 4.11. The van der Waals surface area contributed by atoms with Gasteiger partial charge in [0.05, 0.1) is 12.0 Å². The zero-order chi connectivity index (χ0) is 15.5. The van der Waals surface area contributed by atoms with Gasteiger partial charge < -0.3 is 10.8 Å². The first-order valence-corrected chi connectivity index (χ1v) is 6.04. The van der Waals surface area contributed by atoms with Crippen molar-refractivity contribution in [1.29, 1.82) is 0 Å². The Morgan fingerprint density at radius 1 is 1.45 bits per heavy atom. The van der Waals surface area contributed by atoms with Gasteiger partial charge in [-0.25, -0.2) is 0 Å². The highest BCUT2D eigenvalue weighted by Crippen LogP contribution is 2.36. The lowest BCUT2D eigenvalue weighted by molar-refractivity contribution is -0.137. The molecule has 20 heavy (non-hydrogen) atoms. The fourth-order valence-corrected chi connectivity index (χ4v) is 1.97. The van der Waals surface area contributed by atoms with Crippen molar-refractivity contribution in [2.45, 2.75) is 31.9 Å².